The van der Waals surface area contributed by atoms with Crippen LogP contribution in [0.1, 0.15) is 18.1 Å². The van der Waals surface area contributed by atoms with Crippen LogP contribution >= 0.6 is 0 Å². The Morgan fingerprint density at radius 2 is 1.79 bits per heavy atom. The van der Waals surface area contributed by atoms with Crippen molar-refractivity contribution in [1.82, 2.24) is 5.32 Å². The first-order valence-corrected chi connectivity index (χ1v) is 7.36. The fourth-order valence-electron chi connectivity index (χ4n) is 2.21. The first-order valence-electron chi connectivity index (χ1n) is 7.36. The topological polar surface area (TPSA) is 75.6 Å². The van der Waals surface area contributed by atoms with Gasteiger partial charge in [-0.15, -0.1) is 0 Å². The van der Waals surface area contributed by atoms with Gasteiger partial charge >= 0.3 is 12.1 Å². The van der Waals surface area contributed by atoms with Gasteiger partial charge in [-0.3, -0.25) is 0 Å². The Labute approximate surface area is 139 Å². The summed E-state index contributed by atoms with van der Waals surface area (Å²) in [6.45, 7) is 1.38. The van der Waals surface area contributed by atoms with Crippen LogP contribution in [0.5, 0.6) is 0 Å². The molecule has 1 unspecified atom stereocenters. The van der Waals surface area contributed by atoms with Gasteiger partial charge in [-0.1, -0.05) is 42.5 Å². The van der Waals surface area contributed by atoms with E-state index in [0.29, 0.717) is 5.56 Å². The number of carboxylic acids is 1. The summed E-state index contributed by atoms with van der Waals surface area (Å²) in [7, 11) is 0. The third-order valence-corrected chi connectivity index (χ3v) is 3.51. The molecule has 126 valence electrons. The Morgan fingerprint density at radius 1 is 1.12 bits per heavy atom. The number of alkyl carbamates (subject to hydrolysis) is 1. The van der Waals surface area contributed by atoms with Gasteiger partial charge in [0.25, 0.3) is 0 Å². The highest BCUT2D eigenvalue weighted by Crippen LogP contribution is 2.15. The molecule has 0 saturated heterocycles. The van der Waals surface area contributed by atoms with E-state index in [1.54, 1.807) is 18.2 Å². The second-order valence-corrected chi connectivity index (χ2v) is 5.63. The number of hydrogen-bond acceptors (Lipinski definition) is 3. The van der Waals surface area contributed by atoms with Crippen molar-refractivity contribution in [2.45, 2.75) is 25.5 Å². The summed E-state index contributed by atoms with van der Waals surface area (Å²) in [4.78, 5) is 23.5. The summed E-state index contributed by atoms with van der Waals surface area (Å²) >= 11 is 0. The first-order chi connectivity index (χ1) is 11.4. The van der Waals surface area contributed by atoms with Crippen molar-refractivity contribution in [3.05, 3.63) is 71.5 Å². The van der Waals surface area contributed by atoms with Gasteiger partial charge in [-0.2, -0.15) is 0 Å². The predicted octanol–water partition coefficient (Wildman–Crippen LogP) is 3.14. The largest absolute Gasteiger partial charge is 0.480 e. The summed E-state index contributed by atoms with van der Waals surface area (Å²) in [6, 6.07) is 14.6. The Morgan fingerprint density at radius 3 is 2.42 bits per heavy atom. The van der Waals surface area contributed by atoms with E-state index < -0.39 is 23.4 Å². The normalized spacial score (nSPS) is 12.9. The number of carboxylic acid groups (broad SMARTS) is 1. The molecule has 1 amide bonds. The minimum absolute atomic E-state index is 0.0301. The third kappa shape index (κ3) is 4.81. The van der Waals surface area contributed by atoms with Crippen LogP contribution in [0, 0.1) is 5.82 Å². The molecule has 24 heavy (non-hydrogen) atoms. The van der Waals surface area contributed by atoms with E-state index in [9.17, 15) is 19.1 Å². The van der Waals surface area contributed by atoms with Gasteiger partial charge in [-0.25, -0.2) is 14.0 Å². The van der Waals surface area contributed by atoms with Crippen LogP contribution in [0.25, 0.3) is 0 Å². The maximum absolute atomic E-state index is 13.3. The van der Waals surface area contributed by atoms with Crippen molar-refractivity contribution in [2.75, 3.05) is 0 Å². The molecular formula is C18H18FNO4. The van der Waals surface area contributed by atoms with Gasteiger partial charge in [0.15, 0.2) is 0 Å². The molecule has 0 heterocycles. The number of nitrogens with one attached hydrogen (secondary N) is 1. The maximum atomic E-state index is 13.3. The Kier molecular flexibility index (Phi) is 5.52. The van der Waals surface area contributed by atoms with Gasteiger partial charge < -0.3 is 15.2 Å². The average molecular weight is 331 g/mol. The summed E-state index contributed by atoms with van der Waals surface area (Å²) in [6.07, 6.45) is -0.916. The molecule has 0 aliphatic carbocycles. The molecule has 0 bridgehead atoms. The van der Waals surface area contributed by atoms with Gasteiger partial charge in [0.1, 0.15) is 18.0 Å². The second-order valence-electron chi connectivity index (χ2n) is 5.63. The molecule has 0 aromatic heterocycles. The Hall–Kier alpha value is -2.89. The van der Waals surface area contributed by atoms with E-state index in [4.69, 9.17) is 4.74 Å². The molecule has 6 heteroatoms. The third-order valence-electron chi connectivity index (χ3n) is 3.51. The molecule has 1 atom stereocenters. The summed E-state index contributed by atoms with van der Waals surface area (Å²) in [5.74, 6) is -1.70. The number of benzene rings is 2. The number of ether oxygens (including phenoxy) is 1. The highest BCUT2D eigenvalue weighted by molar-refractivity contribution is 5.84. The molecular weight excluding hydrogens is 313 g/mol. The van der Waals surface area contributed by atoms with Crippen LogP contribution in [0.2, 0.25) is 0 Å². The van der Waals surface area contributed by atoms with E-state index in [-0.39, 0.29) is 13.0 Å². The minimum atomic E-state index is -1.61. The molecule has 0 aliphatic rings. The van der Waals surface area contributed by atoms with Crippen LogP contribution in [0.3, 0.4) is 0 Å². The first kappa shape index (κ1) is 17.5. The number of rotatable bonds is 6. The van der Waals surface area contributed by atoms with Crippen molar-refractivity contribution in [3.63, 3.8) is 0 Å². The standard InChI is InChI=1S/C18H18FNO4/c1-18(16(21)22,11-14-8-5-9-15(19)10-14)20-17(23)24-12-13-6-3-2-4-7-13/h2-10H,11-12H2,1H3,(H,20,23)(H,21,22). The molecule has 2 N–H and O–H groups in total. The average Bonchev–Trinajstić information content (AvgIpc) is 2.53. The highest BCUT2D eigenvalue weighted by Gasteiger charge is 2.35. The van der Waals surface area contributed by atoms with Gasteiger partial charge in [0, 0.05) is 6.42 Å². The Bertz CT molecular complexity index is 720. The molecule has 0 saturated carbocycles. The Balaban J connectivity index is 2.01. The van der Waals surface area contributed by atoms with Gasteiger partial charge in [-0.05, 0) is 30.2 Å². The lowest BCUT2D eigenvalue weighted by atomic mass is 9.93. The van der Waals surface area contributed by atoms with Crippen LogP contribution in [0.4, 0.5) is 9.18 Å². The summed E-state index contributed by atoms with van der Waals surface area (Å²) < 4.78 is 18.3. The molecule has 2 rings (SSSR count). The SMILES string of the molecule is CC(Cc1cccc(F)c1)(NC(=O)OCc1ccccc1)C(=O)O. The lowest BCUT2D eigenvalue weighted by molar-refractivity contribution is -0.143. The van der Waals surface area contributed by atoms with Gasteiger partial charge in [0.2, 0.25) is 0 Å². The van der Waals surface area contributed by atoms with Crippen molar-refractivity contribution in [1.29, 1.82) is 0 Å². The smallest absolute Gasteiger partial charge is 0.408 e. The van der Waals surface area contributed by atoms with E-state index in [1.165, 1.54) is 25.1 Å². The van der Waals surface area contributed by atoms with E-state index in [2.05, 4.69) is 5.32 Å². The lowest BCUT2D eigenvalue weighted by Gasteiger charge is -2.26. The van der Waals surface area contributed by atoms with Crippen molar-refractivity contribution < 1.29 is 23.8 Å². The fraction of sp³-hybridized carbons (Fsp3) is 0.222. The van der Waals surface area contributed by atoms with Crippen LogP contribution in [-0.2, 0) is 22.6 Å². The summed E-state index contributed by atoms with van der Waals surface area (Å²) in [5.41, 5.74) is -0.361. The number of carbonyl (C=O) groups excluding carboxylic acids is 1. The summed E-state index contributed by atoms with van der Waals surface area (Å²) in [5, 5.41) is 11.8. The predicted molar refractivity (Wildman–Crippen MR) is 85.9 cm³/mol. The zero-order valence-electron chi connectivity index (χ0n) is 13.2. The molecule has 2 aromatic rings. The van der Waals surface area contributed by atoms with Crippen LogP contribution < -0.4 is 5.32 Å². The highest BCUT2D eigenvalue weighted by atomic mass is 19.1. The number of amides is 1. The van der Waals surface area contributed by atoms with Crippen molar-refractivity contribution >= 4 is 12.1 Å². The van der Waals surface area contributed by atoms with Gasteiger partial charge in [0.05, 0.1) is 0 Å². The fourth-order valence-corrected chi connectivity index (χ4v) is 2.21. The van der Waals surface area contributed by atoms with E-state index >= 15 is 0 Å². The number of carbonyl (C=O) groups is 2. The maximum Gasteiger partial charge on any atom is 0.408 e. The molecule has 0 aliphatic heterocycles. The number of aliphatic carboxylic acids is 1. The molecule has 2 aromatic carbocycles. The quantitative estimate of drug-likeness (QED) is 0.853. The number of hydrogen-bond donors (Lipinski definition) is 2. The second kappa shape index (κ2) is 7.59. The molecule has 0 spiro atoms. The molecule has 0 radical (unpaired) electrons. The number of halogens is 1. The van der Waals surface area contributed by atoms with Crippen LogP contribution in [0.15, 0.2) is 54.6 Å². The molecule has 5 nitrogen and oxygen atoms in total. The molecule has 0 fully saturated rings. The van der Waals surface area contributed by atoms with Crippen LogP contribution in [-0.4, -0.2) is 22.7 Å². The minimum Gasteiger partial charge on any atom is -0.480 e. The van der Waals surface area contributed by atoms with Crippen molar-refractivity contribution in [2.24, 2.45) is 0 Å². The van der Waals surface area contributed by atoms with E-state index in [1.807, 2.05) is 18.2 Å². The van der Waals surface area contributed by atoms with E-state index in [0.717, 1.165) is 5.56 Å². The zero-order valence-corrected chi connectivity index (χ0v) is 13.2. The monoisotopic (exact) mass is 331 g/mol. The zero-order chi connectivity index (χ0) is 17.6. The van der Waals surface area contributed by atoms with Crippen molar-refractivity contribution in [3.8, 4) is 0 Å². The lowest BCUT2D eigenvalue weighted by Crippen LogP contribution is -2.53.